The molecule has 1 aromatic heterocycles. The highest BCUT2D eigenvalue weighted by Gasteiger charge is 2.34. The molecule has 4 N–H and O–H groups in total. The molecule has 0 spiro atoms. The van der Waals surface area contributed by atoms with Crippen molar-refractivity contribution in [2.75, 3.05) is 26.0 Å². The summed E-state index contributed by atoms with van der Waals surface area (Å²) in [5.74, 6) is -1.70. The SMILES string of the molecule is COC[C@H](O)CNC(=O)c1ncc(S(=O)(=O)c2ccccc2OC(F)(F)F)cc1N. The first-order valence-electron chi connectivity index (χ1n) is 8.26. The number of nitrogens with one attached hydrogen (secondary N) is 1. The first kappa shape index (κ1) is 23.4. The topological polar surface area (TPSA) is 141 Å². The van der Waals surface area contributed by atoms with Crippen LogP contribution in [0.3, 0.4) is 0 Å². The number of aliphatic hydroxyl groups excluding tert-OH is 1. The van der Waals surface area contributed by atoms with E-state index in [1.54, 1.807) is 0 Å². The number of nitrogens with zero attached hydrogens (tertiary/aromatic N) is 1. The predicted octanol–water partition coefficient (Wildman–Crippen LogP) is 1.13. The first-order chi connectivity index (χ1) is 14.0. The lowest BCUT2D eigenvalue weighted by Crippen LogP contribution is -2.35. The molecule has 0 radical (unpaired) electrons. The zero-order valence-corrected chi connectivity index (χ0v) is 16.3. The summed E-state index contributed by atoms with van der Waals surface area (Å²) >= 11 is 0. The van der Waals surface area contributed by atoms with Gasteiger partial charge in [0.2, 0.25) is 9.84 Å². The van der Waals surface area contributed by atoms with Gasteiger partial charge in [-0.3, -0.25) is 4.79 Å². The molecule has 0 bridgehead atoms. The molecule has 1 heterocycles. The van der Waals surface area contributed by atoms with Crippen LogP contribution in [0.4, 0.5) is 18.9 Å². The highest BCUT2D eigenvalue weighted by Crippen LogP contribution is 2.33. The molecule has 30 heavy (non-hydrogen) atoms. The Morgan fingerprint density at radius 3 is 2.60 bits per heavy atom. The number of nitrogens with two attached hydrogens (primary N) is 1. The van der Waals surface area contributed by atoms with Gasteiger partial charge in [0.15, 0.2) is 5.69 Å². The van der Waals surface area contributed by atoms with Crippen molar-refractivity contribution in [2.45, 2.75) is 22.3 Å². The molecular weight excluding hydrogens is 431 g/mol. The van der Waals surface area contributed by atoms with Gasteiger partial charge in [-0.25, -0.2) is 13.4 Å². The molecule has 1 aromatic carbocycles. The number of pyridine rings is 1. The Labute approximate surface area is 169 Å². The van der Waals surface area contributed by atoms with Crippen LogP contribution in [0.2, 0.25) is 0 Å². The third kappa shape index (κ3) is 5.81. The number of halogens is 3. The minimum atomic E-state index is -5.10. The Balaban J connectivity index is 2.31. The second kappa shape index (κ2) is 9.28. The van der Waals surface area contributed by atoms with Crippen molar-refractivity contribution in [3.8, 4) is 5.75 Å². The number of anilines is 1. The predicted molar refractivity (Wildman–Crippen MR) is 97.4 cm³/mol. The molecule has 9 nitrogen and oxygen atoms in total. The van der Waals surface area contributed by atoms with E-state index in [-0.39, 0.29) is 24.5 Å². The van der Waals surface area contributed by atoms with E-state index in [0.717, 1.165) is 24.4 Å². The summed E-state index contributed by atoms with van der Waals surface area (Å²) in [5, 5.41) is 11.9. The van der Waals surface area contributed by atoms with Crippen molar-refractivity contribution in [2.24, 2.45) is 0 Å². The molecule has 0 aliphatic carbocycles. The largest absolute Gasteiger partial charge is 0.573 e. The van der Waals surface area contributed by atoms with E-state index >= 15 is 0 Å². The zero-order chi connectivity index (χ0) is 22.5. The summed E-state index contributed by atoms with van der Waals surface area (Å²) in [6.07, 6.45) is -5.29. The van der Waals surface area contributed by atoms with Crippen molar-refractivity contribution >= 4 is 21.4 Å². The number of aromatic nitrogens is 1. The number of nitrogen functional groups attached to an aromatic ring is 1. The molecule has 2 rings (SSSR count). The molecule has 1 amide bonds. The van der Waals surface area contributed by atoms with E-state index in [1.165, 1.54) is 19.2 Å². The monoisotopic (exact) mass is 449 g/mol. The summed E-state index contributed by atoms with van der Waals surface area (Å²) < 4.78 is 71.8. The number of hydrogen-bond donors (Lipinski definition) is 3. The number of carbonyl (C=O) groups excluding carboxylic acids is 1. The minimum absolute atomic E-state index is 0.0280. The van der Waals surface area contributed by atoms with Crippen LogP contribution in [0.15, 0.2) is 46.3 Å². The van der Waals surface area contributed by atoms with Crippen LogP contribution in [0.1, 0.15) is 10.5 Å². The number of carbonyl (C=O) groups is 1. The zero-order valence-electron chi connectivity index (χ0n) is 15.5. The number of aliphatic hydroxyl groups is 1. The van der Waals surface area contributed by atoms with Gasteiger partial charge >= 0.3 is 6.36 Å². The number of ether oxygens (including phenoxy) is 2. The van der Waals surface area contributed by atoms with Crippen molar-refractivity contribution < 1.29 is 41.0 Å². The van der Waals surface area contributed by atoms with E-state index in [4.69, 9.17) is 10.5 Å². The number of sulfone groups is 1. The fourth-order valence-corrected chi connectivity index (χ4v) is 3.71. The molecule has 0 fully saturated rings. The Morgan fingerprint density at radius 1 is 1.33 bits per heavy atom. The number of para-hydroxylation sites is 1. The van der Waals surface area contributed by atoms with E-state index < -0.39 is 43.8 Å². The number of hydrogen-bond acceptors (Lipinski definition) is 8. The van der Waals surface area contributed by atoms with Crippen molar-refractivity contribution in [1.29, 1.82) is 0 Å². The maximum absolute atomic E-state index is 12.8. The Hall–Kier alpha value is -2.90. The van der Waals surface area contributed by atoms with Crippen LogP contribution in [-0.2, 0) is 14.6 Å². The van der Waals surface area contributed by atoms with Gasteiger partial charge in [-0.1, -0.05) is 12.1 Å². The average molecular weight is 449 g/mol. The molecule has 1 atom stereocenters. The van der Waals surface area contributed by atoms with E-state index in [9.17, 15) is 31.5 Å². The average Bonchev–Trinajstić information content (AvgIpc) is 2.65. The second-order valence-electron chi connectivity index (χ2n) is 5.93. The number of rotatable bonds is 8. The fourth-order valence-electron chi connectivity index (χ4n) is 2.35. The molecule has 0 aliphatic heterocycles. The highest BCUT2D eigenvalue weighted by molar-refractivity contribution is 7.91. The lowest BCUT2D eigenvalue weighted by Gasteiger charge is -2.14. The fraction of sp³-hybridized carbons (Fsp3) is 0.294. The minimum Gasteiger partial charge on any atom is -0.404 e. The van der Waals surface area contributed by atoms with E-state index in [1.807, 2.05) is 0 Å². The van der Waals surface area contributed by atoms with Crippen LogP contribution in [0.5, 0.6) is 5.75 Å². The summed E-state index contributed by atoms with van der Waals surface area (Å²) in [4.78, 5) is 14.5. The number of alkyl halides is 3. The van der Waals surface area contributed by atoms with Gasteiger partial charge in [-0.2, -0.15) is 0 Å². The molecule has 164 valence electrons. The summed E-state index contributed by atoms with van der Waals surface area (Å²) in [5.41, 5.74) is 5.07. The molecular formula is C17H18F3N3O6S. The molecule has 0 saturated carbocycles. The maximum atomic E-state index is 12.8. The van der Waals surface area contributed by atoms with Gasteiger partial charge in [-0.05, 0) is 18.2 Å². The van der Waals surface area contributed by atoms with Crippen molar-refractivity contribution in [1.82, 2.24) is 10.3 Å². The number of amides is 1. The van der Waals surface area contributed by atoms with Crippen LogP contribution >= 0.6 is 0 Å². The van der Waals surface area contributed by atoms with Gasteiger partial charge in [0.1, 0.15) is 10.6 Å². The summed E-state index contributed by atoms with van der Waals surface area (Å²) in [6, 6.07) is 5.08. The lowest BCUT2D eigenvalue weighted by molar-refractivity contribution is -0.275. The van der Waals surface area contributed by atoms with Crippen LogP contribution in [0.25, 0.3) is 0 Å². The van der Waals surface area contributed by atoms with Crippen molar-refractivity contribution in [3.05, 3.63) is 42.2 Å². The maximum Gasteiger partial charge on any atom is 0.573 e. The quantitative estimate of drug-likeness (QED) is 0.545. The third-order valence-corrected chi connectivity index (χ3v) is 5.40. The number of benzene rings is 1. The Kier molecular flexibility index (Phi) is 7.23. The van der Waals surface area contributed by atoms with Crippen LogP contribution < -0.4 is 15.8 Å². The standard InChI is InChI=1S/C17H18F3N3O6S/c1-28-9-10(24)7-23-16(25)15-12(21)6-11(8-22-15)30(26,27)14-5-3-2-4-13(14)29-17(18,19)20/h2-6,8,10,24H,7,9,21H2,1H3,(H,23,25)/t10-/m1/s1. The van der Waals surface area contributed by atoms with Crippen molar-refractivity contribution in [3.63, 3.8) is 0 Å². The molecule has 2 aromatic rings. The normalized spacial score (nSPS) is 13.0. The summed E-state index contributed by atoms with van der Waals surface area (Å²) in [6.45, 7) is -0.199. The molecule has 0 aliphatic rings. The Morgan fingerprint density at radius 2 is 2.00 bits per heavy atom. The van der Waals surface area contributed by atoms with E-state index in [2.05, 4.69) is 15.0 Å². The highest BCUT2D eigenvalue weighted by atomic mass is 32.2. The van der Waals surface area contributed by atoms with Gasteiger partial charge in [0.05, 0.1) is 23.3 Å². The van der Waals surface area contributed by atoms with Gasteiger partial charge in [0, 0.05) is 19.9 Å². The van der Waals surface area contributed by atoms with Gasteiger partial charge < -0.3 is 25.6 Å². The molecule has 13 heteroatoms. The first-order valence-corrected chi connectivity index (χ1v) is 9.74. The number of methoxy groups -OCH3 is 1. The smallest absolute Gasteiger partial charge is 0.404 e. The molecule has 0 unspecified atom stereocenters. The van der Waals surface area contributed by atoms with Gasteiger partial charge in [0.25, 0.3) is 5.91 Å². The van der Waals surface area contributed by atoms with E-state index in [0.29, 0.717) is 0 Å². The van der Waals surface area contributed by atoms with Crippen LogP contribution in [0, 0.1) is 0 Å². The lowest BCUT2D eigenvalue weighted by atomic mass is 10.2. The van der Waals surface area contributed by atoms with Gasteiger partial charge in [-0.15, -0.1) is 13.2 Å². The Bertz CT molecular complexity index is 1010. The van der Waals surface area contributed by atoms with Crippen LogP contribution in [-0.4, -0.2) is 57.1 Å². The second-order valence-corrected chi connectivity index (χ2v) is 7.84. The molecule has 0 saturated heterocycles. The summed E-state index contributed by atoms with van der Waals surface area (Å²) in [7, 11) is -3.13. The third-order valence-electron chi connectivity index (χ3n) is 3.64.